The van der Waals surface area contributed by atoms with Gasteiger partial charge in [0.15, 0.2) is 0 Å². The Balaban J connectivity index is 2.29. The summed E-state index contributed by atoms with van der Waals surface area (Å²) < 4.78 is 11.1. The van der Waals surface area contributed by atoms with Crippen LogP contribution in [0.25, 0.3) is 0 Å². The van der Waals surface area contributed by atoms with Gasteiger partial charge in [-0.05, 0) is 33.3 Å². The molecule has 0 saturated carbocycles. The van der Waals surface area contributed by atoms with E-state index in [0.717, 1.165) is 37.4 Å². The molecule has 1 rings (SSSR count). The smallest absolute Gasteiger partial charge is 0.122 e. The zero-order chi connectivity index (χ0) is 14.8. The Morgan fingerprint density at radius 2 is 2.00 bits per heavy atom. The molecule has 0 aliphatic rings. The molecular formula is C16H28N2O2. The van der Waals surface area contributed by atoms with E-state index in [1.54, 1.807) is 6.20 Å². The van der Waals surface area contributed by atoms with Gasteiger partial charge in [-0.1, -0.05) is 13.3 Å². The van der Waals surface area contributed by atoms with Crippen molar-refractivity contribution in [3.8, 4) is 5.75 Å². The van der Waals surface area contributed by atoms with Crippen molar-refractivity contribution in [2.45, 2.75) is 52.6 Å². The third-order valence-corrected chi connectivity index (χ3v) is 2.73. The Labute approximate surface area is 122 Å². The molecule has 0 aliphatic heterocycles. The third kappa shape index (κ3) is 8.12. The van der Waals surface area contributed by atoms with E-state index in [1.807, 2.05) is 12.1 Å². The molecular weight excluding hydrogens is 252 g/mol. The second-order valence-corrected chi connectivity index (χ2v) is 5.90. The number of unbranched alkanes of at least 4 members (excludes halogenated alkanes) is 1. The molecule has 4 heteroatoms. The van der Waals surface area contributed by atoms with Crippen LogP contribution in [0.15, 0.2) is 18.3 Å². The van der Waals surface area contributed by atoms with Crippen LogP contribution >= 0.6 is 0 Å². The minimum atomic E-state index is 0.0889. The topological polar surface area (TPSA) is 43.4 Å². The average molecular weight is 280 g/mol. The summed E-state index contributed by atoms with van der Waals surface area (Å²) in [5, 5.41) is 3.41. The first-order chi connectivity index (χ1) is 9.51. The second-order valence-electron chi connectivity index (χ2n) is 5.90. The van der Waals surface area contributed by atoms with E-state index in [4.69, 9.17) is 9.47 Å². The van der Waals surface area contributed by atoms with Gasteiger partial charge in [0.2, 0.25) is 0 Å². The maximum Gasteiger partial charge on any atom is 0.122 e. The maximum atomic E-state index is 5.67. The van der Waals surface area contributed by atoms with Gasteiger partial charge in [0.05, 0.1) is 12.3 Å². The molecule has 20 heavy (non-hydrogen) atoms. The first-order valence-electron chi connectivity index (χ1n) is 7.42. The van der Waals surface area contributed by atoms with Gasteiger partial charge in [-0.15, -0.1) is 0 Å². The largest absolute Gasteiger partial charge is 0.491 e. The fourth-order valence-electron chi connectivity index (χ4n) is 1.57. The fourth-order valence-corrected chi connectivity index (χ4v) is 1.57. The number of rotatable bonds is 9. The van der Waals surface area contributed by atoms with Gasteiger partial charge in [0, 0.05) is 31.0 Å². The van der Waals surface area contributed by atoms with E-state index < -0.39 is 0 Å². The van der Waals surface area contributed by atoms with E-state index >= 15 is 0 Å². The van der Waals surface area contributed by atoms with Gasteiger partial charge >= 0.3 is 0 Å². The molecule has 0 aliphatic carbocycles. The van der Waals surface area contributed by atoms with Crippen molar-refractivity contribution in [2.75, 3.05) is 19.8 Å². The highest BCUT2D eigenvalue weighted by molar-refractivity contribution is 5.22. The standard InChI is InChI=1S/C16H28N2O2/c1-5-6-9-19-10-11-20-15-7-8-17-14(12-15)13-18-16(2,3)4/h7-8,12,18H,5-6,9-11,13H2,1-4H3. The zero-order valence-corrected chi connectivity index (χ0v) is 13.2. The number of ether oxygens (including phenoxy) is 2. The molecule has 114 valence electrons. The lowest BCUT2D eigenvalue weighted by molar-refractivity contribution is 0.0980. The van der Waals surface area contributed by atoms with Crippen LogP contribution < -0.4 is 10.1 Å². The molecule has 0 bridgehead atoms. The Kier molecular flexibility index (Phi) is 7.55. The summed E-state index contributed by atoms with van der Waals surface area (Å²) in [7, 11) is 0. The van der Waals surface area contributed by atoms with Crippen LogP contribution in [0.2, 0.25) is 0 Å². The van der Waals surface area contributed by atoms with Crippen LogP contribution in [-0.4, -0.2) is 30.3 Å². The lowest BCUT2D eigenvalue weighted by Crippen LogP contribution is -2.35. The lowest BCUT2D eigenvalue weighted by atomic mass is 10.1. The molecule has 0 saturated heterocycles. The number of aromatic nitrogens is 1. The summed E-state index contributed by atoms with van der Waals surface area (Å²) in [4.78, 5) is 4.34. The van der Waals surface area contributed by atoms with E-state index in [-0.39, 0.29) is 5.54 Å². The molecule has 1 aromatic rings. The minimum Gasteiger partial charge on any atom is -0.491 e. The van der Waals surface area contributed by atoms with Crippen LogP contribution in [0.5, 0.6) is 5.75 Å². The summed E-state index contributed by atoms with van der Waals surface area (Å²) in [6.45, 7) is 11.4. The fraction of sp³-hybridized carbons (Fsp3) is 0.688. The minimum absolute atomic E-state index is 0.0889. The van der Waals surface area contributed by atoms with Crippen molar-refractivity contribution in [3.05, 3.63) is 24.0 Å². The predicted octanol–water partition coefficient (Wildman–Crippen LogP) is 3.17. The molecule has 0 aromatic carbocycles. The number of nitrogens with one attached hydrogen (secondary N) is 1. The molecule has 1 N–H and O–H groups in total. The van der Waals surface area contributed by atoms with Gasteiger partial charge in [-0.2, -0.15) is 0 Å². The van der Waals surface area contributed by atoms with Gasteiger partial charge in [-0.3, -0.25) is 4.98 Å². The normalized spacial score (nSPS) is 11.6. The number of hydrogen-bond acceptors (Lipinski definition) is 4. The van der Waals surface area contributed by atoms with Gasteiger partial charge < -0.3 is 14.8 Å². The number of nitrogens with zero attached hydrogens (tertiary/aromatic N) is 1. The van der Waals surface area contributed by atoms with Crippen molar-refractivity contribution < 1.29 is 9.47 Å². The van der Waals surface area contributed by atoms with Gasteiger partial charge in [0.1, 0.15) is 12.4 Å². The molecule has 0 radical (unpaired) electrons. The van der Waals surface area contributed by atoms with Crippen LogP contribution in [0.3, 0.4) is 0 Å². The summed E-state index contributed by atoms with van der Waals surface area (Å²) in [6, 6.07) is 3.86. The molecule has 0 atom stereocenters. The second kappa shape index (κ2) is 8.93. The molecule has 0 amide bonds. The van der Waals surface area contributed by atoms with Crippen LogP contribution in [-0.2, 0) is 11.3 Å². The highest BCUT2D eigenvalue weighted by Gasteiger charge is 2.09. The Bertz CT molecular complexity index is 375. The van der Waals surface area contributed by atoms with E-state index in [0.29, 0.717) is 13.2 Å². The highest BCUT2D eigenvalue weighted by atomic mass is 16.5. The molecule has 4 nitrogen and oxygen atoms in total. The molecule has 0 fully saturated rings. The molecule has 0 unspecified atom stereocenters. The van der Waals surface area contributed by atoms with Gasteiger partial charge in [-0.25, -0.2) is 0 Å². The van der Waals surface area contributed by atoms with E-state index in [2.05, 4.69) is 38.0 Å². The van der Waals surface area contributed by atoms with E-state index in [1.165, 1.54) is 0 Å². The van der Waals surface area contributed by atoms with Crippen LogP contribution in [0, 0.1) is 0 Å². The molecule has 1 aromatic heterocycles. The van der Waals surface area contributed by atoms with Crippen LogP contribution in [0.1, 0.15) is 46.2 Å². The zero-order valence-electron chi connectivity index (χ0n) is 13.2. The number of pyridine rings is 1. The first kappa shape index (κ1) is 16.9. The SMILES string of the molecule is CCCCOCCOc1ccnc(CNC(C)(C)C)c1. The third-order valence-electron chi connectivity index (χ3n) is 2.73. The summed E-state index contributed by atoms with van der Waals surface area (Å²) in [6.07, 6.45) is 4.06. The monoisotopic (exact) mass is 280 g/mol. The summed E-state index contributed by atoms with van der Waals surface area (Å²) in [5.41, 5.74) is 1.08. The molecule has 0 spiro atoms. The predicted molar refractivity (Wildman–Crippen MR) is 82.1 cm³/mol. The first-order valence-corrected chi connectivity index (χ1v) is 7.42. The Morgan fingerprint density at radius 1 is 1.20 bits per heavy atom. The summed E-state index contributed by atoms with van der Waals surface area (Å²) in [5.74, 6) is 0.852. The maximum absolute atomic E-state index is 5.67. The number of hydrogen-bond donors (Lipinski definition) is 1. The van der Waals surface area contributed by atoms with Gasteiger partial charge in [0.25, 0.3) is 0 Å². The van der Waals surface area contributed by atoms with Crippen molar-refractivity contribution in [1.82, 2.24) is 10.3 Å². The Hall–Kier alpha value is -1.13. The average Bonchev–Trinajstić information content (AvgIpc) is 2.40. The van der Waals surface area contributed by atoms with Crippen molar-refractivity contribution in [2.24, 2.45) is 0 Å². The lowest BCUT2D eigenvalue weighted by Gasteiger charge is -2.20. The van der Waals surface area contributed by atoms with Crippen molar-refractivity contribution in [1.29, 1.82) is 0 Å². The van der Waals surface area contributed by atoms with Crippen molar-refractivity contribution >= 4 is 0 Å². The van der Waals surface area contributed by atoms with E-state index in [9.17, 15) is 0 Å². The summed E-state index contributed by atoms with van der Waals surface area (Å²) >= 11 is 0. The van der Waals surface area contributed by atoms with Crippen molar-refractivity contribution in [3.63, 3.8) is 0 Å². The molecule has 1 heterocycles. The highest BCUT2D eigenvalue weighted by Crippen LogP contribution is 2.11. The van der Waals surface area contributed by atoms with Crippen LogP contribution in [0.4, 0.5) is 0 Å². The quantitative estimate of drug-likeness (QED) is 0.706. The Morgan fingerprint density at radius 3 is 2.70 bits per heavy atom.